The van der Waals surface area contributed by atoms with E-state index in [2.05, 4.69) is 4.98 Å². The molecule has 136 valence electrons. The molecule has 0 atom stereocenters. The van der Waals surface area contributed by atoms with Crippen LogP contribution in [-0.4, -0.2) is 39.6 Å². The fourth-order valence-corrected chi connectivity index (χ4v) is 3.44. The SMILES string of the molecule is CC(=O)c1ccc(-c2cnc3ccc(C(=O)N4CCCCC4)cc3n2)cc1. The van der Waals surface area contributed by atoms with E-state index in [0.717, 1.165) is 42.7 Å². The van der Waals surface area contributed by atoms with Crippen LogP contribution in [0.5, 0.6) is 0 Å². The van der Waals surface area contributed by atoms with Gasteiger partial charge in [-0.3, -0.25) is 14.6 Å². The number of rotatable bonds is 3. The zero-order valence-electron chi connectivity index (χ0n) is 15.3. The Morgan fingerprint density at radius 1 is 0.889 bits per heavy atom. The van der Waals surface area contributed by atoms with Crippen molar-refractivity contribution in [1.82, 2.24) is 14.9 Å². The summed E-state index contributed by atoms with van der Waals surface area (Å²) in [7, 11) is 0. The van der Waals surface area contributed by atoms with Crippen molar-refractivity contribution in [3.8, 4) is 11.3 Å². The number of ketones is 1. The molecule has 3 aromatic rings. The average molecular weight is 359 g/mol. The van der Waals surface area contributed by atoms with E-state index < -0.39 is 0 Å². The van der Waals surface area contributed by atoms with Gasteiger partial charge in [0.25, 0.3) is 5.91 Å². The van der Waals surface area contributed by atoms with Crippen LogP contribution in [0.4, 0.5) is 0 Å². The third kappa shape index (κ3) is 3.58. The van der Waals surface area contributed by atoms with Gasteiger partial charge in [-0.25, -0.2) is 4.98 Å². The molecule has 0 bridgehead atoms. The topological polar surface area (TPSA) is 63.2 Å². The molecule has 5 heteroatoms. The fraction of sp³-hybridized carbons (Fsp3) is 0.273. The number of likely N-dealkylation sites (tertiary alicyclic amines) is 1. The van der Waals surface area contributed by atoms with Gasteiger partial charge in [0.2, 0.25) is 0 Å². The van der Waals surface area contributed by atoms with E-state index in [4.69, 9.17) is 4.98 Å². The standard InChI is InChI=1S/C22H21N3O2/c1-15(26)16-5-7-17(8-6-16)21-14-23-19-10-9-18(13-20(19)24-21)22(27)25-11-3-2-4-12-25/h5-10,13-14H,2-4,11-12H2,1H3. The monoisotopic (exact) mass is 359 g/mol. The second-order valence-electron chi connectivity index (χ2n) is 6.95. The summed E-state index contributed by atoms with van der Waals surface area (Å²) in [6, 6.07) is 12.8. The third-order valence-electron chi connectivity index (χ3n) is 5.02. The van der Waals surface area contributed by atoms with E-state index in [0.29, 0.717) is 16.6 Å². The highest BCUT2D eigenvalue weighted by Crippen LogP contribution is 2.22. The summed E-state index contributed by atoms with van der Waals surface area (Å²) in [5, 5.41) is 0. The number of carbonyl (C=O) groups is 2. The van der Waals surface area contributed by atoms with E-state index in [1.807, 2.05) is 35.2 Å². The van der Waals surface area contributed by atoms with Crippen molar-refractivity contribution < 1.29 is 9.59 Å². The minimum atomic E-state index is 0.0343. The van der Waals surface area contributed by atoms with E-state index in [9.17, 15) is 9.59 Å². The Kier molecular flexibility index (Phi) is 4.67. The molecule has 1 saturated heterocycles. The lowest BCUT2D eigenvalue weighted by Crippen LogP contribution is -2.35. The van der Waals surface area contributed by atoms with Crippen LogP contribution >= 0.6 is 0 Å². The molecule has 27 heavy (non-hydrogen) atoms. The molecule has 2 aromatic carbocycles. The van der Waals surface area contributed by atoms with Gasteiger partial charge in [-0.1, -0.05) is 24.3 Å². The van der Waals surface area contributed by atoms with Gasteiger partial charge in [0.15, 0.2) is 5.78 Å². The molecule has 0 spiro atoms. The summed E-state index contributed by atoms with van der Waals surface area (Å²) in [5.74, 6) is 0.0987. The van der Waals surface area contributed by atoms with Gasteiger partial charge >= 0.3 is 0 Å². The number of Topliss-reactive ketones (excluding diaryl/α,β-unsaturated/α-hetero) is 1. The van der Waals surface area contributed by atoms with Crippen LogP contribution in [0.2, 0.25) is 0 Å². The molecular formula is C22H21N3O2. The molecule has 0 radical (unpaired) electrons. The lowest BCUT2D eigenvalue weighted by atomic mass is 10.1. The van der Waals surface area contributed by atoms with E-state index in [1.165, 1.54) is 6.42 Å². The molecule has 1 aliphatic heterocycles. The van der Waals surface area contributed by atoms with Gasteiger partial charge in [-0.2, -0.15) is 0 Å². The molecule has 1 amide bonds. The minimum absolute atomic E-state index is 0.0343. The van der Waals surface area contributed by atoms with Crippen molar-refractivity contribution in [3.63, 3.8) is 0 Å². The van der Waals surface area contributed by atoms with Crippen LogP contribution in [-0.2, 0) is 0 Å². The Hall–Kier alpha value is -3.08. The predicted octanol–water partition coefficient (Wildman–Crippen LogP) is 4.13. The fourth-order valence-electron chi connectivity index (χ4n) is 3.44. The zero-order valence-corrected chi connectivity index (χ0v) is 15.3. The number of fused-ring (bicyclic) bond motifs is 1. The molecule has 5 nitrogen and oxygen atoms in total. The molecule has 0 aliphatic carbocycles. The normalized spacial score (nSPS) is 14.3. The van der Waals surface area contributed by atoms with Crippen molar-refractivity contribution in [3.05, 3.63) is 59.8 Å². The molecule has 4 rings (SSSR count). The molecule has 0 saturated carbocycles. The Morgan fingerprint density at radius 2 is 1.59 bits per heavy atom. The first-order chi connectivity index (χ1) is 13.1. The van der Waals surface area contributed by atoms with Crippen molar-refractivity contribution in [2.75, 3.05) is 13.1 Å². The lowest BCUT2D eigenvalue weighted by Gasteiger charge is -2.26. The van der Waals surface area contributed by atoms with Gasteiger partial charge in [-0.05, 0) is 44.4 Å². The van der Waals surface area contributed by atoms with Crippen LogP contribution in [0.3, 0.4) is 0 Å². The highest BCUT2D eigenvalue weighted by molar-refractivity contribution is 5.97. The van der Waals surface area contributed by atoms with Gasteiger partial charge in [0.1, 0.15) is 0 Å². The second-order valence-corrected chi connectivity index (χ2v) is 6.95. The quantitative estimate of drug-likeness (QED) is 0.660. The third-order valence-corrected chi connectivity index (χ3v) is 5.02. The molecule has 0 unspecified atom stereocenters. The molecule has 1 fully saturated rings. The maximum absolute atomic E-state index is 12.7. The number of amides is 1. The average Bonchev–Trinajstić information content (AvgIpc) is 2.73. The van der Waals surface area contributed by atoms with Crippen molar-refractivity contribution >= 4 is 22.7 Å². The first-order valence-electron chi connectivity index (χ1n) is 9.29. The Morgan fingerprint density at radius 3 is 2.30 bits per heavy atom. The van der Waals surface area contributed by atoms with E-state index in [1.54, 1.807) is 25.3 Å². The molecule has 1 aliphatic rings. The van der Waals surface area contributed by atoms with Crippen LogP contribution in [0, 0.1) is 0 Å². The van der Waals surface area contributed by atoms with Crippen molar-refractivity contribution in [2.24, 2.45) is 0 Å². The summed E-state index contributed by atoms with van der Waals surface area (Å²) in [5.41, 5.74) is 4.40. The van der Waals surface area contributed by atoms with Crippen molar-refractivity contribution in [1.29, 1.82) is 0 Å². The molecular weight excluding hydrogens is 338 g/mol. The van der Waals surface area contributed by atoms with Crippen LogP contribution in [0.1, 0.15) is 46.9 Å². The Labute approximate surface area is 158 Å². The highest BCUT2D eigenvalue weighted by atomic mass is 16.2. The summed E-state index contributed by atoms with van der Waals surface area (Å²) in [6.07, 6.45) is 5.05. The number of carbonyl (C=O) groups excluding carboxylic acids is 2. The van der Waals surface area contributed by atoms with Crippen LogP contribution < -0.4 is 0 Å². The number of piperidine rings is 1. The summed E-state index contributed by atoms with van der Waals surface area (Å²) in [6.45, 7) is 3.20. The van der Waals surface area contributed by atoms with E-state index >= 15 is 0 Å². The summed E-state index contributed by atoms with van der Waals surface area (Å²) < 4.78 is 0. The Balaban J connectivity index is 1.66. The van der Waals surface area contributed by atoms with Crippen molar-refractivity contribution in [2.45, 2.75) is 26.2 Å². The first-order valence-corrected chi connectivity index (χ1v) is 9.29. The molecule has 2 heterocycles. The van der Waals surface area contributed by atoms with E-state index in [-0.39, 0.29) is 11.7 Å². The largest absolute Gasteiger partial charge is 0.339 e. The number of nitrogens with zero attached hydrogens (tertiary/aromatic N) is 3. The number of aromatic nitrogens is 2. The first kappa shape index (κ1) is 17.3. The van der Waals surface area contributed by atoms with Crippen LogP contribution in [0.15, 0.2) is 48.7 Å². The lowest BCUT2D eigenvalue weighted by molar-refractivity contribution is 0.0724. The second kappa shape index (κ2) is 7.27. The maximum atomic E-state index is 12.7. The van der Waals surface area contributed by atoms with Gasteiger partial charge in [-0.15, -0.1) is 0 Å². The number of benzene rings is 2. The molecule has 1 aromatic heterocycles. The van der Waals surface area contributed by atoms with Crippen LogP contribution in [0.25, 0.3) is 22.3 Å². The highest BCUT2D eigenvalue weighted by Gasteiger charge is 2.18. The molecule has 0 N–H and O–H groups in total. The summed E-state index contributed by atoms with van der Waals surface area (Å²) in [4.78, 5) is 35.3. The van der Waals surface area contributed by atoms with Gasteiger partial charge in [0, 0.05) is 29.8 Å². The smallest absolute Gasteiger partial charge is 0.253 e. The predicted molar refractivity (Wildman–Crippen MR) is 105 cm³/mol. The minimum Gasteiger partial charge on any atom is -0.339 e. The zero-order chi connectivity index (χ0) is 18.8. The van der Waals surface area contributed by atoms with Gasteiger partial charge in [0.05, 0.1) is 22.9 Å². The Bertz CT molecular complexity index is 1010. The summed E-state index contributed by atoms with van der Waals surface area (Å²) >= 11 is 0. The number of hydrogen-bond acceptors (Lipinski definition) is 4. The van der Waals surface area contributed by atoms with Gasteiger partial charge < -0.3 is 4.90 Å². The maximum Gasteiger partial charge on any atom is 0.253 e. The number of hydrogen-bond donors (Lipinski definition) is 0.